The standard InChI is InChI=1S/C13H19N3O/c1-13(2,3)8-17-12-10-7-9(14)5-6-11(10)16(4)15-12/h5-7H,8,14H2,1-4H3. The molecule has 2 aromatic rings. The van der Waals surface area contributed by atoms with Crippen LogP contribution in [0, 0.1) is 5.41 Å². The molecular formula is C13H19N3O. The Hall–Kier alpha value is -1.71. The van der Waals surface area contributed by atoms with Gasteiger partial charge in [0.2, 0.25) is 5.88 Å². The maximum atomic E-state index is 5.79. The lowest BCUT2D eigenvalue weighted by Crippen LogP contribution is -2.17. The van der Waals surface area contributed by atoms with Gasteiger partial charge in [-0.15, -0.1) is 5.10 Å². The molecular weight excluding hydrogens is 214 g/mol. The van der Waals surface area contributed by atoms with Crippen molar-refractivity contribution in [2.75, 3.05) is 12.3 Å². The molecule has 1 aromatic heterocycles. The molecule has 0 aliphatic rings. The van der Waals surface area contributed by atoms with Crippen LogP contribution in [-0.4, -0.2) is 16.4 Å². The number of ether oxygens (including phenoxy) is 1. The highest BCUT2D eigenvalue weighted by Crippen LogP contribution is 2.27. The molecule has 2 N–H and O–H groups in total. The second-order valence-electron chi connectivity index (χ2n) is 5.55. The van der Waals surface area contributed by atoms with Gasteiger partial charge in [0.15, 0.2) is 0 Å². The lowest BCUT2D eigenvalue weighted by atomic mass is 9.99. The zero-order chi connectivity index (χ0) is 12.6. The van der Waals surface area contributed by atoms with Crippen molar-refractivity contribution in [1.29, 1.82) is 0 Å². The Bertz CT molecular complexity index is 537. The summed E-state index contributed by atoms with van der Waals surface area (Å²) in [6.45, 7) is 7.03. The molecule has 1 heterocycles. The van der Waals surface area contributed by atoms with Crippen LogP contribution in [0.5, 0.6) is 5.88 Å². The van der Waals surface area contributed by atoms with E-state index in [2.05, 4.69) is 25.9 Å². The van der Waals surface area contributed by atoms with Crippen molar-refractivity contribution < 1.29 is 4.74 Å². The van der Waals surface area contributed by atoms with Gasteiger partial charge in [0.05, 0.1) is 17.5 Å². The van der Waals surface area contributed by atoms with Crippen LogP contribution < -0.4 is 10.5 Å². The Morgan fingerprint density at radius 1 is 1.35 bits per heavy atom. The monoisotopic (exact) mass is 233 g/mol. The van der Waals surface area contributed by atoms with Crippen molar-refractivity contribution >= 4 is 16.6 Å². The van der Waals surface area contributed by atoms with Gasteiger partial charge < -0.3 is 10.5 Å². The van der Waals surface area contributed by atoms with Crippen molar-refractivity contribution in [3.8, 4) is 5.88 Å². The van der Waals surface area contributed by atoms with Crippen LogP contribution in [-0.2, 0) is 7.05 Å². The van der Waals surface area contributed by atoms with Gasteiger partial charge >= 0.3 is 0 Å². The molecule has 1 aromatic carbocycles. The highest BCUT2D eigenvalue weighted by Gasteiger charge is 2.15. The van der Waals surface area contributed by atoms with Crippen molar-refractivity contribution in [2.45, 2.75) is 20.8 Å². The van der Waals surface area contributed by atoms with Crippen LogP contribution in [0.1, 0.15) is 20.8 Å². The van der Waals surface area contributed by atoms with Gasteiger partial charge in [0.1, 0.15) is 0 Å². The number of fused-ring (bicyclic) bond motifs is 1. The summed E-state index contributed by atoms with van der Waals surface area (Å²) in [5, 5.41) is 5.34. The minimum absolute atomic E-state index is 0.115. The second kappa shape index (κ2) is 3.95. The van der Waals surface area contributed by atoms with Gasteiger partial charge in [0.25, 0.3) is 0 Å². The largest absolute Gasteiger partial charge is 0.476 e. The molecule has 0 aliphatic heterocycles. The maximum Gasteiger partial charge on any atom is 0.240 e. The van der Waals surface area contributed by atoms with Gasteiger partial charge in [-0.3, -0.25) is 4.68 Å². The summed E-state index contributed by atoms with van der Waals surface area (Å²) < 4.78 is 7.58. The van der Waals surface area contributed by atoms with Crippen LogP contribution in [0.25, 0.3) is 10.9 Å². The first-order valence-corrected chi connectivity index (χ1v) is 5.72. The van der Waals surface area contributed by atoms with Crippen molar-refractivity contribution in [3.63, 3.8) is 0 Å². The molecule has 0 aliphatic carbocycles. The molecule has 2 rings (SSSR count). The fraction of sp³-hybridized carbons (Fsp3) is 0.462. The zero-order valence-electron chi connectivity index (χ0n) is 10.8. The van der Waals surface area contributed by atoms with E-state index >= 15 is 0 Å². The summed E-state index contributed by atoms with van der Waals surface area (Å²) in [7, 11) is 1.91. The number of nitrogens with zero attached hydrogens (tertiary/aromatic N) is 2. The fourth-order valence-corrected chi connectivity index (χ4v) is 1.64. The van der Waals surface area contributed by atoms with Gasteiger partial charge in [-0.05, 0) is 23.6 Å². The Balaban J connectivity index is 2.37. The van der Waals surface area contributed by atoms with E-state index in [1.165, 1.54) is 0 Å². The van der Waals surface area contributed by atoms with Crippen molar-refractivity contribution in [2.24, 2.45) is 12.5 Å². The molecule has 0 atom stereocenters. The lowest BCUT2D eigenvalue weighted by molar-refractivity contribution is 0.192. The lowest BCUT2D eigenvalue weighted by Gasteiger charge is -2.17. The zero-order valence-corrected chi connectivity index (χ0v) is 10.8. The topological polar surface area (TPSA) is 53.1 Å². The quantitative estimate of drug-likeness (QED) is 0.811. The number of aromatic nitrogens is 2. The van der Waals surface area contributed by atoms with Crippen LogP contribution in [0.3, 0.4) is 0 Å². The first-order chi connectivity index (χ1) is 7.87. The highest BCUT2D eigenvalue weighted by atomic mass is 16.5. The number of anilines is 1. The Kier molecular flexibility index (Phi) is 2.73. The molecule has 92 valence electrons. The third kappa shape index (κ3) is 2.52. The summed E-state index contributed by atoms with van der Waals surface area (Å²) in [6.07, 6.45) is 0. The van der Waals surface area contributed by atoms with Crippen LogP contribution in [0.4, 0.5) is 5.69 Å². The normalized spacial score (nSPS) is 12.0. The number of nitrogen functional groups attached to an aromatic ring is 1. The van der Waals surface area contributed by atoms with E-state index in [9.17, 15) is 0 Å². The molecule has 0 spiro atoms. The molecule has 0 fully saturated rings. The molecule has 4 heteroatoms. The number of hydrogen-bond donors (Lipinski definition) is 1. The maximum absolute atomic E-state index is 5.79. The predicted octanol–water partition coefficient (Wildman–Crippen LogP) is 2.58. The predicted molar refractivity (Wildman–Crippen MR) is 70.1 cm³/mol. The van der Waals surface area contributed by atoms with Gasteiger partial charge in [-0.1, -0.05) is 20.8 Å². The Morgan fingerprint density at radius 3 is 2.71 bits per heavy atom. The Morgan fingerprint density at radius 2 is 2.06 bits per heavy atom. The first kappa shape index (κ1) is 11.8. The number of rotatable bonds is 2. The average molecular weight is 233 g/mol. The van der Waals surface area contributed by atoms with Gasteiger partial charge in [-0.2, -0.15) is 0 Å². The van der Waals surface area contributed by atoms with Crippen LogP contribution >= 0.6 is 0 Å². The molecule has 0 bridgehead atoms. The molecule has 0 saturated carbocycles. The van der Waals surface area contributed by atoms with Crippen molar-refractivity contribution in [1.82, 2.24) is 9.78 Å². The van der Waals surface area contributed by atoms with E-state index in [4.69, 9.17) is 10.5 Å². The summed E-state index contributed by atoms with van der Waals surface area (Å²) in [4.78, 5) is 0. The van der Waals surface area contributed by atoms with Gasteiger partial charge in [0, 0.05) is 12.7 Å². The van der Waals surface area contributed by atoms with Crippen LogP contribution in [0.2, 0.25) is 0 Å². The molecule has 0 amide bonds. The van der Waals surface area contributed by atoms with E-state index in [-0.39, 0.29) is 5.41 Å². The first-order valence-electron chi connectivity index (χ1n) is 5.72. The van der Waals surface area contributed by atoms with E-state index < -0.39 is 0 Å². The summed E-state index contributed by atoms with van der Waals surface area (Å²) in [5.74, 6) is 0.657. The smallest absolute Gasteiger partial charge is 0.240 e. The summed E-state index contributed by atoms with van der Waals surface area (Å²) >= 11 is 0. The molecule has 4 nitrogen and oxygen atoms in total. The second-order valence-corrected chi connectivity index (χ2v) is 5.55. The third-order valence-corrected chi connectivity index (χ3v) is 2.48. The average Bonchev–Trinajstić information content (AvgIpc) is 2.51. The summed E-state index contributed by atoms with van der Waals surface area (Å²) in [6, 6.07) is 5.74. The van der Waals surface area contributed by atoms with E-state index in [1.54, 1.807) is 0 Å². The minimum Gasteiger partial charge on any atom is -0.476 e. The van der Waals surface area contributed by atoms with E-state index in [0.717, 1.165) is 16.6 Å². The highest BCUT2D eigenvalue weighted by molar-refractivity contribution is 5.87. The number of nitrogens with two attached hydrogens (primary N) is 1. The van der Waals surface area contributed by atoms with E-state index in [1.807, 2.05) is 29.9 Å². The minimum atomic E-state index is 0.115. The fourth-order valence-electron chi connectivity index (χ4n) is 1.64. The summed E-state index contributed by atoms with van der Waals surface area (Å²) in [5.41, 5.74) is 7.67. The van der Waals surface area contributed by atoms with Gasteiger partial charge in [-0.25, -0.2) is 0 Å². The van der Waals surface area contributed by atoms with E-state index in [0.29, 0.717) is 12.5 Å². The number of hydrogen-bond acceptors (Lipinski definition) is 3. The van der Waals surface area contributed by atoms with Crippen molar-refractivity contribution in [3.05, 3.63) is 18.2 Å². The molecule has 0 radical (unpaired) electrons. The Labute approximate surface area is 101 Å². The molecule has 0 unspecified atom stereocenters. The number of benzene rings is 1. The molecule has 17 heavy (non-hydrogen) atoms. The van der Waals surface area contributed by atoms with Crippen LogP contribution in [0.15, 0.2) is 18.2 Å². The SMILES string of the molecule is Cn1nc(OCC(C)(C)C)c2cc(N)ccc21. The number of aryl methyl sites for hydroxylation is 1. The molecule has 0 saturated heterocycles. The third-order valence-electron chi connectivity index (χ3n) is 2.48.